The summed E-state index contributed by atoms with van der Waals surface area (Å²) >= 11 is 0. The van der Waals surface area contributed by atoms with Gasteiger partial charge >= 0.3 is 12.1 Å². The van der Waals surface area contributed by atoms with E-state index in [9.17, 15) is 9.59 Å². The van der Waals surface area contributed by atoms with Crippen molar-refractivity contribution in [2.75, 3.05) is 23.7 Å². The predicted octanol–water partition coefficient (Wildman–Crippen LogP) is 5.56. The van der Waals surface area contributed by atoms with Crippen molar-refractivity contribution in [3.63, 3.8) is 0 Å². The zero-order chi connectivity index (χ0) is 22.8. The number of anilines is 2. The summed E-state index contributed by atoms with van der Waals surface area (Å²) in [6.45, 7) is 5.54. The first kappa shape index (κ1) is 23.6. The number of hydrogen-bond acceptors (Lipinski definition) is 2. The van der Waals surface area contributed by atoms with Gasteiger partial charge in [-0.1, -0.05) is 44.5 Å². The normalized spacial score (nSPS) is 17.9. The Labute approximate surface area is 191 Å². The van der Waals surface area contributed by atoms with Crippen molar-refractivity contribution < 1.29 is 9.59 Å². The van der Waals surface area contributed by atoms with Crippen molar-refractivity contribution in [1.82, 2.24) is 10.6 Å². The molecule has 1 saturated carbocycles. The second kappa shape index (κ2) is 12.1. The fraction of sp³-hybridized carbons (Fsp3) is 0.462. The SMILES string of the molecule is CCc1ccc(NC(=O)NC[C@H]2CCC[C@@H](CNC(=O)Nc3ccc(CC)cc3)C2)cc1. The Morgan fingerprint density at radius 1 is 0.719 bits per heavy atom. The van der Waals surface area contributed by atoms with Crippen LogP contribution in [-0.4, -0.2) is 25.2 Å². The third-order valence-electron chi connectivity index (χ3n) is 6.23. The number of aryl methyl sites for hydroxylation is 2. The van der Waals surface area contributed by atoms with Crippen LogP contribution in [0.1, 0.15) is 50.7 Å². The van der Waals surface area contributed by atoms with Gasteiger partial charge in [0.25, 0.3) is 0 Å². The van der Waals surface area contributed by atoms with E-state index in [1.165, 1.54) is 11.1 Å². The number of hydrogen-bond donors (Lipinski definition) is 4. The summed E-state index contributed by atoms with van der Waals surface area (Å²) in [4.78, 5) is 24.5. The Hall–Kier alpha value is -3.02. The van der Waals surface area contributed by atoms with Crippen molar-refractivity contribution in [1.29, 1.82) is 0 Å². The maximum absolute atomic E-state index is 12.2. The third kappa shape index (κ3) is 7.59. The molecule has 4 N–H and O–H groups in total. The van der Waals surface area contributed by atoms with Crippen LogP contribution in [0.5, 0.6) is 0 Å². The van der Waals surface area contributed by atoms with E-state index in [1.54, 1.807) is 0 Å². The first-order chi connectivity index (χ1) is 15.6. The summed E-state index contributed by atoms with van der Waals surface area (Å²) < 4.78 is 0. The van der Waals surface area contributed by atoms with E-state index in [1.807, 2.05) is 48.5 Å². The molecule has 6 nitrogen and oxygen atoms in total. The highest BCUT2D eigenvalue weighted by Gasteiger charge is 2.23. The predicted molar refractivity (Wildman–Crippen MR) is 131 cm³/mol. The molecule has 1 aliphatic rings. The fourth-order valence-electron chi connectivity index (χ4n) is 4.25. The average molecular weight is 437 g/mol. The van der Waals surface area contributed by atoms with Crippen molar-refractivity contribution >= 4 is 23.4 Å². The number of benzene rings is 2. The molecule has 1 aliphatic carbocycles. The smallest absolute Gasteiger partial charge is 0.319 e. The molecule has 2 atom stereocenters. The molecule has 0 unspecified atom stereocenters. The van der Waals surface area contributed by atoms with Gasteiger partial charge in [0, 0.05) is 24.5 Å². The highest BCUT2D eigenvalue weighted by Crippen LogP contribution is 2.28. The number of carbonyl (C=O) groups excluding carboxylic acids is 2. The van der Waals surface area contributed by atoms with Crippen LogP contribution in [0.3, 0.4) is 0 Å². The van der Waals surface area contributed by atoms with Crippen LogP contribution >= 0.6 is 0 Å². The van der Waals surface area contributed by atoms with E-state index < -0.39 is 0 Å². The van der Waals surface area contributed by atoms with E-state index in [0.29, 0.717) is 24.9 Å². The summed E-state index contributed by atoms with van der Waals surface area (Å²) in [6, 6.07) is 15.5. The molecule has 0 aliphatic heterocycles. The third-order valence-corrected chi connectivity index (χ3v) is 6.23. The monoisotopic (exact) mass is 436 g/mol. The molecule has 3 rings (SSSR count). The second-order valence-electron chi connectivity index (χ2n) is 8.67. The highest BCUT2D eigenvalue weighted by molar-refractivity contribution is 5.89. The van der Waals surface area contributed by atoms with E-state index in [0.717, 1.165) is 49.9 Å². The molecular formula is C26H36N4O2. The standard InChI is InChI=1S/C26H36N4O2/c1-3-19-8-12-23(13-9-19)29-25(31)27-17-21-6-5-7-22(16-21)18-28-26(32)30-24-14-10-20(4-2)11-15-24/h8-15,21-22H,3-7,16-18H2,1-2H3,(H2,27,29,31)(H2,28,30,32)/t21-,22+. The summed E-state index contributed by atoms with van der Waals surface area (Å²) in [5.41, 5.74) is 4.11. The van der Waals surface area contributed by atoms with Gasteiger partial charge in [-0.05, 0) is 79.3 Å². The van der Waals surface area contributed by atoms with Crippen LogP contribution in [0.15, 0.2) is 48.5 Å². The number of carbonyl (C=O) groups is 2. The minimum absolute atomic E-state index is 0.164. The molecule has 0 spiro atoms. The van der Waals surface area contributed by atoms with Gasteiger partial charge in [0.1, 0.15) is 0 Å². The van der Waals surface area contributed by atoms with Crippen LogP contribution in [0.25, 0.3) is 0 Å². The molecule has 1 fully saturated rings. The molecule has 6 heteroatoms. The molecule has 0 saturated heterocycles. The second-order valence-corrected chi connectivity index (χ2v) is 8.67. The van der Waals surface area contributed by atoms with Gasteiger partial charge in [-0.3, -0.25) is 0 Å². The first-order valence-corrected chi connectivity index (χ1v) is 11.8. The minimum Gasteiger partial charge on any atom is -0.338 e. The lowest BCUT2D eigenvalue weighted by atomic mass is 9.81. The van der Waals surface area contributed by atoms with E-state index in [4.69, 9.17) is 0 Å². The summed E-state index contributed by atoms with van der Waals surface area (Å²) in [5, 5.41) is 11.8. The average Bonchev–Trinajstić information content (AvgIpc) is 2.83. The molecule has 0 aromatic heterocycles. The number of rotatable bonds is 8. The Kier molecular flexibility index (Phi) is 8.96. The van der Waals surface area contributed by atoms with E-state index in [-0.39, 0.29) is 12.1 Å². The largest absolute Gasteiger partial charge is 0.338 e. The molecule has 2 aromatic carbocycles. The lowest BCUT2D eigenvalue weighted by Gasteiger charge is -2.29. The van der Waals surface area contributed by atoms with Crippen LogP contribution in [0.4, 0.5) is 21.0 Å². The molecule has 4 amide bonds. The Bertz CT molecular complexity index is 793. The summed E-state index contributed by atoms with van der Waals surface area (Å²) in [7, 11) is 0. The van der Waals surface area contributed by atoms with Crippen molar-refractivity contribution in [2.45, 2.75) is 52.4 Å². The van der Waals surface area contributed by atoms with Gasteiger partial charge in [0.15, 0.2) is 0 Å². The van der Waals surface area contributed by atoms with Crippen LogP contribution in [-0.2, 0) is 12.8 Å². The van der Waals surface area contributed by atoms with Gasteiger partial charge in [0.2, 0.25) is 0 Å². The van der Waals surface area contributed by atoms with Gasteiger partial charge in [-0.15, -0.1) is 0 Å². The number of amides is 4. The zero-order valence-corrected chi connectivity index (χ0v) is 19.2. The minimum atomic E-state index is -0.164. The fourth-order valence-corrected chi connectivity index (χ4v) is 4.25. The molecule has 2 aromatic rings. The quantitative estimate of drug-likeness (QED) is 0.437. The van der Waals surface area contributed by atoms with Gasteiger partial charge in [-0.2, -0.15) is 0 Å². The lowest BCUT2D eigenvalue weighted by molar-refractivity contribution is 0.230. The van der Waals surface area contributed by atoms with E-state index >= 15 is 0 Å². The molecule has 32 heavy (non-hydrogen) atoms. The number of urea groups is 2. The summed E-state index contributed by atoms with van der Waals surface area (Å²) in [5.74, 6) is 0.877. The van der Waals surface area contributed by atoms with Gasteiger partial charge in [0.05, 0.1) is 0 Å². The Morgan fingerprint density at radius 3 is 1.50 bits per heavy atom. The van der Waals surface area contributed by atoms with Gasteiger partial charge < -0.3 is 21.3 Å². The highest BCUT2D eigenvalue weighted by atomic mass is 16.2. The van der Waals surface area contributed by atoms with Crippen LogP contribution < -0.4 is 21.3 Å². The lowest BCUT2D eigenvalue weighted by Crippen LogP contribution is -2.38. The molecule has 0 radical (unpaired) electrons. The van der Waals surface area contributed by atoms with Crippen molar-refractivity contribution in [3.05, 3.63) is 59.7 Å². The zero-order valence-electron chi connectivity index (χ0n) is 19.2. The molecule has 0 bridgehead atoms. The topological polar surface area (TPSA) is 82.3 Å². The van der Waals surface area contributed by atoms with E-state index in [2.05, 4.69) is 35.1 Å². The number of nitrogens with one attached hydrogen (secondary N) is 4. The van der Waals surface area contributed by atoms with Crippen LogP contribution in [0, 0.1) is 11.8 Å². The van der Waals surface area contributed by atoms with Crippen molar-refractivity contribution in [3.8, 4) is 0 Å². The maximum atomic E-state index is 12.2. The first-order valence-electron chi connectivity index (χ1n) is 11.8. The molecule has 0 heterocycles. The Balaban J connectivity index is 1.35. The summed E-state index contributed by atoms with van der Waals surface area (Å²) in [6.07, 6.45) is 6.32. The molecular weight excluding hydrogens is 400 g/mol. The van der Waals surface area contributed by atoms with Crippen molar-refractivity contribution in [2.24, 2.45) is 11.8 Å². The van der Waals surface area contributed by atoms with Crippen LogP contribution in [0.2, 0.25) is 0 Å². The Morgan fingerprint density at radius 2 is 1.12 bits per heavy atom. The molecule has 172 valence electrons. The van der Waals surface area contributed by atoms with Gasteiger partial charge in [-0.25, -0.2) is 9.59 Å². The maximum Gasteiger partial charge on any atom is 0.319 e.